The number of ether oxygens (including phenoxy) is 2. The summed E-state index contributed by atoms with van der Waals surface area (Å²) in [5, 5.41) is 12.1. The van der Waals surface area contributed by atoms with Gasteiger partial charge in [-0.3, -0.25) is 4.79 Å². The number of imidazole rings is 1. The molecule has 0 aliphatic rings. The van der Waals surface area contributed by atoms with Crippen LogP contribution in [-0.2, 0) is 11.2 Å². The van der Waals surface area contributed by atoms with E-state index in [0.29, 0.717) is 5.75 Å². The van der Waals surface area contributed by atoms with Gasteiger partial charge in [0, 0.05) is 18.3 Å². The van der Waals surface area contributed by atoms with Gasteiger partial charge in [-0.1, -0.05) is 6.07 Å². The van der Waals surface area contributed by atoms with Gasteiger partial charge in [-0.25, -0.2) is 9.78 Å². The molecule has 146 valence electrons. The molecule has 0 fully saturated rings. The third-order valence-corrected chi connectivity index (χ3v) is 4.50. The minimum atomic E-state index is -1.18. The average molecular weight is 383 g/mol. The number of aryl methyl sites for hydroxylation is 2. The molecule has 1 amide bonds. The third kappa shape index (κ3) is 3.48. The molecular weight excluding hydrogens is 362 g/mol. The molecule has 0 saturated carbocycles. The number of nitrogens with zero attached hydrogens (tertiary/aromatic N) is 2. The molecule has 2 aromatic heterocycles. The lowest BCUT2D eigenvalue weighted by Gasteiger charge is -2.14. The maximum atomic E-state index is 12.7. The van der Waals surface area contributed by atoms with Gasteiger partial charge in [-0.15, -0.1) is 0 Å². The van der Waals surface area contributed by atoms with Crippen LogP contribution in [0.1, 0.15) is 27.3 Å². The van der Waals surface area contributed by atoms with Gasteiger partial charge in [-0.05, 0) is 25.5 Å². The Kier molecular flexibility index (Phi) is 5.21. The van der Waals surface area contributed by atoms with E-state index >= 15 is 0 Å². The molecular formula is C20H21N3O5. The highest BCUT2D eigenvalue weighted by molar-refractivity contribution is 6.02. The lowest BCUT2D eigenvalue weighted by Crippen LogP contribution is -2.18. The Morgan fingerprint density at radius 1 is 1.18 bits per heavy atom. The smallest absolute Gasteiger partial charge is 0.337 e. The number of hydrogen-bond acceptors (Lipinski definition) is 5. The fourth-order valence-corrected chi connectivity index (χ4v) is 3.09. The molecule has 1 aromatic carbocycles. The van der Waals surface area contributed by atoms with Gasteiger partial charge in [0.15, 0.2) is 11.5 Å². The minimum Gasteiger partial charge on any atom is -0.493 e. The summed E-state index contributed by atoms with van der Waals surface area (Å²) < 4.78 is 12.2. The molecule has 8 nitrogen and oxygen atoms in total. The topological polar surface area (TPSA) is 102 Å². The summed E-state index contributed by atoms with van der Waals surface area (Å²) in [6.45, 7) is 3.79. The highest BCUT2D eigenvalue weighted by atomic mass is 16.5. The summed E-state index contributed by atoms with van der Waals surface area (Å²) in [5.41, 5.74) is 3.34. The largest absolute Gasteiger partial charge is 0.493 e. The van der Waals surface area contributed by atoms with E-state index in [9.17, 15) is 14.7 Å². The molecule has 3 aromatic rings. The highest BCUT2D eigenvalue weighted by Crippen LogP contribution is 2.33. The quantitative estimate of drug-likeness (QED) is 0.679. The summed E-state index contributed by atoms with van der Waals surface area (Å²) in [6.07, 6.45) is 1.90. The monoisotopic (exact) mass is 383 g/mol. The van der Waals surface area contributed by atoms with Crippen molar-refractivity contribution in [3.8, 4) is 11.5 Å². The molecule has 0 aliphatic heterocycles. The Morgan fingerprint density at radius 3 is 2.50 bits per heavy atom. The first-order valence-corrected chi connectivity index (χ1v) is 8.58. The van der Waals surface area contributed by atoms with Crippen molar-refractivity contribution in [2.24, 2.45) is 0 Å². The predicted octanol–water partition coefficient (Wildman–Crippen LogP) is 2.85. The summed E-state index contributed by atoms with van der Waals surface area (Å²) in [7, 11) is 2.85. The first kappa shape index (κ1) is 19.2. The van der Waals surface area contributed by atoms with E-state index in [0.717, 1.165) is 22.6 Å². The van der Waals surface area contributed by atoms with Crippen molar-refractivity contribution in [1.82, 2.24) is 9.38 Å². The molecule has 0 spiro atoms. The molecule has 28 heavy (non-hydrogen) atoms. The van der Waals surface area contributed by atoms with E-state index in [1.54, 1.807) is 0 Å². The van der Waals surface area contributed by atoms with Gasteiger partial charge in [0.05, 0.1) is 43.3 Å². The van der Waals surface area contributed by atoms with Crippen molar-refractivity contribution in [3.05, 3.63) is 53.0 Å². The van der Waals surface area contributed by atoms with Gasteiger partial charge in [-0.2, -0.15) is 0 Å². The Hall–Kier alpha value is -3.55. The number of fused-ring (bicyclic) bond motifs is 1. The number of nitrogens with one attached hydrogen (secondary N) is 1. The summed E-state index contributed by atoms with van der Waals surface area (Å²) in [6, 6.07) is 6.60. The Bertz CT molecular complexity index is 1070. The van der Waals surface area contributed by atoms with Crippen LogP contribution in [0.15, 0.2) is 30.5 Å². The average Bonchev–Trinajstić information content (AvgIpc) is 2.98. The van der Waals surface area contributed by atoms with E-state index < -0.39 is 5.97 Å². The number of carbonyl (C=O) groups excluding carboxylic acids is 1. The summed E-state index contributed by atoms with van der Waals surface area (Å²) in [5.74, 6) is -0.950. The predicted molar refractivity (Wildman–Crippen MR) is 104 cm³/mol. The van der Waals surface area contributed by atoms with Crippen molar-refractivity contribution >= 4 is 23.2 Å². The second-order valence-corrected chi connectivity index (χ2v) is 6.31. The number of rotatable bonds is 6. The maximum Gasteiger partial charge on any atom is 0.337 e. The first-order valence-electron chi connectivity index (χ1n) is 8.58. The van der Waals surface area contributed by atoms with Gasteiger partial charge in [0.2, 0.25) is 5.91 Å². The summed E-state index contributed by atoms with van der Waals surface area (Å²) in [4.78, 5) is 28.8. The van der Waals surface area contributed by atoms with Crippen LogP contribution >= 0.6 is 0 Å². The lowest BCUT2D eigenvalue weighted by molar-refractivity contribution is -0.115. The number of aromatic carboxylic acids is 1. The standard InChI is InChI=1S/C20H21N3O5/c1-11-6-5-7-23-15(12(2)21-19(11)23)10-18(24)22-14-9-17(28-4)16(27-3)8-13(14)20(25)26/h5-9H,10H2,1-4H3,(H,22,24)(H,25,26). The van der Waals surface area contributed by atoms with Crippen LogP contribution in [0.3, 0.4) is 0 Å². The number of benzene rings is 1. The summed E-state index contributed by atoms with van der Waals surface area (Å²) >= 11 is 0. The van der Waals surface area contributed by atoms with Crippen molar-refractivity contribution in [3.63, 3.8) is 0 Å². The second-order valence-electron chi connectivity index (χ2n) is 6.31. The highest BCUT2D eigenvalue weighted by Gasteiger charge is 2.19. The van der Waals surface area contributed by atoms with Crippen LogP contribution < -0.4 is 14.8 Å². The zero-order chi connectivity index (χ0) is 20.4. The molecule has 2 heterocycles. The molecule has 0 radical (unpaired) electrons. The number of amides is 1. The van der Waals surface area contributed by atoms with Crippen LogP contribution in [0, 0.1) is 13.8 Å². The Labute approximate surface area is 161 Å². The SMILES string of the molecule is COc1cc(NC(=O)Cc2c(C)nc3c(C)cccn23)c(C(=O)O)cc1OC. The van der Waals surface area contributed by atoms with Gasteiger partial charge in [0.1, 0.15) is 5.65 Å². The number of carbonyl (C=O) groups is 2. The van der Waals surface area contributed by atoms with E-state index in [-0.39, 0.29) is 29.3 Å². The van der Waals surface area contributed by atoms with E-state index in [1.165, 1.54) is 26.4 Å². The van der Waals surface area contributed by atoms with E-state index in [4.69, 9.17) is 9.47 Å². The van der Waals surface area contributed by atoms with Crippen molar-refractivity contribution < 1.29 is 24.2 Å². The third-order valence-electron chi connectivity index (χ3n) is 4.50. The molecule has 0 atom stereocenters. The first-order chi connectivity index (χ1) is 13.3. The molecule has 0 aliphatic carbocycles. The fourth-order valence-electron chi connectivity index (χ4n) is 3.09. The van der Waals surface area contributed by atoms with Crippen molar-refractivity contribution in [2.45, 2.75) is 20.3 Å². The van der Waals surface area contributed by atoms with Crippen molar-refractivity contribution in [2.75, 3.05) is 19.5 Å². The van der Waals surface area contributed by atoms with Gasteiger partial charge < -0.3 is 24.3 Å². The number of methoxy groups -OCH3 is 2. The van der Waals surface area contributed by atoms with Crippen LogP contribution in [0.25, 0.3) is 5.65 Å². The Balaban J connectivity index is 1.93. The van der Waals surface area contributed by atoms with Crippen molar-refractivity contribution in [1.29, 1.82) is 0 Å². The van der Waals surface area contributed by atoms with Crippen LogP contribution in [0.4, 0.5) is 5.69 Å². The minimum absolute atomic E-state index is 0.0455. The van der Waals surface area contributed by atoms with Crippen LogP contribution in [0.5, 0.6) is 11.5 Å². The lowest BCUT2D eigenvalue weighted by atomic mass is 10.1. The Morgan fingerprint density at radius 2 is 1.86 bits per heavy atom. The fraction of sp³-hybridized carbons (Fsp3) is 0.250. The zero-order valence-corrected chi connectivity index (χ0v) is 16.1. The number of aromatic nitrogens is 2. The van der Waals surface area contributed by atoms with E-state index in [2.05, 4.69) is 10.3 Å². The molecule has 0 bridgehead atoms. The molecule has 0 saturated heterocycles. The number of hydrogen-bond donors (Lipinski definition) is 2. The number of pyridine rings is 1. The van der Waals surface area contributed by atoms with Crippen LogP contribution in [-0.4, -0.2) is 40.6 Å². The second kappa shape index (κ2) is 7.59. The number of carboxylic acids is 1. The zero-order valence-electron chi connectivity index (χ0n) is 16.1. The normalized spacial score (nSPS) is 10.7. The molecule has 8 heteroatoms. The van der Waals surface area contributed by atoms with Gasteiger partial charge >= 0.3 is 5.97 Å². The molecule has 0 unspecified atom stereocenters. The van der Waals surface area contributed by atoms with E-state index in [1.807, 2.05) is 36.6 Å². The molecule has 3 rings (SSSR count). The molecule has 2 N–H and O–H groups in total. The van der Waals surface area contributed by atoms with Gasteiger partial charge in [0.25, 0.3) is 0 Å². The van der Waals surface area contributed by atoms with Crippen LogP contribution in [0.2, 0.25) is 0 Å². The maximum absolute atomic E-state index is 12.7. The number of anilines is 1. The number of carboxylic acid groups (broad SMARTS) is 1.